The molecule has 4 heteroatoms. The quantitative estimate of drug-likeness (QED) is 0.738. The lowest BCUT2D eigenvalue weighted by molar-refractivity contribution is -0.135. The van der Waals surface area contributed by atoms with E-state index in [1.54, 1.807) is 6.20 Å². The molecule has 1 aliphatic heterocycles. The molecule has 0 radical (unpaired) electrons. The zero-order chi connectivity index (χ0) is 12.5. The minimum absolute atomic E-state index is 0.0900. The van der Waals surface area contributed by atoms with Crippen molar-refractivity contribution in [3.8, 4) is 0 Å². The van der Waals surface area contributed by atoms with Gasteiger partial charge in [-0.2, -0.15) is 0 Å². The Kier molecular flexibility index (Phi) is 3.05. The van der Waals surface area contributed by atoms with Crippen LogP contribution < -0.4 is 4.90 Å². The molecule has 92 valence electrons. The molecule has 0 atom stereocenters. The highest BCUT2D eigenvalue weighted by Crippen LogP contribution is 2.19. The molecular formula is C13H19N3O. The van der Waals surface area contributed by atoms with E-state index < -0.39 is 0 Å². The molecule has 1 aromatic heterocycles. The van der Waals surface area contributed by atoms with Gasteiger partial charge >= 0.3 is 0 Å². The van der Waals surface area contributed by atoms with Gasteiger partial charge < -0.3 is 9.80 Å². The van der Waals surface area contributed by atoms with Crippen molar-refractivity contribution in [2.75, 3.05) is 24.5 Å². The lowest BCUT2D eigenvalue weighted by Crippen LogP contribution is -2.57. The molecule has 17 heavy (non-hydrogen) atoms. The summed E-state index contributed by atoms with van der Waals surface area (Å²) < 4.78 is 0. The third-order valence-electron chi connectivity index (χ3n) is 3.00. The summed E-state index contributed by atoms with van der Waals surface area (Å²) in [5.41, 5.74) is -0.0900. The minimum atomic E-state index is -0.0900. The third kappa shape index (κ3) is 2.57. The molecule has 2 heterocycles. The van der Waals surface area contributed by atoms with Crippen LogP contribution in [-0.2, 0) is 4.79 Å². The van der Waals surface area contributed by atoms with E-state index in [0.717, 1.165) is 18.9 Å². The Labute approximate surface area is 102 Å². The van der Waals surface area contributed by atoms with Crippen molar-refractivity contribution in [2.45, 2.75) is 26.3 Å². The van der Waals surface area contributed by atoms with Crippen LogP contribution in [0.2, 0.25) is 0 Å². The van der Waals surface area contributed by atoms with Gasteiger partial charge in [-0.25, -0.2) is 4.98 Å². The Hall–Kier alpha value is -1.58. The second kappa shape index (κ2) is 4.35. The van der Waals surface area contributed by atoms with Crippen molar-refractivity contribution in [1.29, 1.82) is 0 Å². The van der Waals surface area contributed by atoms with Gasteiger partial charge in [0, 0.05) is 24.8 Å². The fourth-order valence-corrected chi connectivity index (χ4v) is 2.12. The molecular weight excluding hydrogens is 214 g/mol. The van der Waals surface area contributed by atoms with Gasteiger partial charge in [-0.3, -0.25) is 4.79 Å². The van der Waals surface area contributed by atoms with Crippen LogP contribution >= 0.6 is 0 Å². The van der Waals surface area contributed by atoms with Gasteiger partial charge in [0.15, 0.2) is 0 Å². The Morgan fingerprint density at radius 1 is 1.24 bits per heavy atom. The molecule has 1 aliphatic rings. The minimum Gasteiger partial charge on any atom is -0.346 e. The van der Waals surface area contributed by atoms with E-state index in [2.05, 4.69) is 25.8 Å². The van der Waals surface area contributed by atoms with Gasteiger partial charge in [-0.1, -0.05) is 6.07 Å². The maximum atomic E-state index is 12.1. The molecule has 0 saturated carbocycles. The first-order valence-corrected chi connectivity index (χ1v) is 5.95. The Morgan fingerprint density at radius 2 is 2.00 bits per heavy atom. The predicted molar refractivity (Wildman–Crippen MR) is 67.9 cm³/mol. The molecule has 2 rings (SSSR count). The topological polar surface area (TPSA) is 36.4 Å². The van der Waals surface area contributed by atoms with Crippen molar-refractivity contribution in [2.24, 2.45) is 0 Å². The highest BCUT2D eigenvalue weighted by atomic mass is 16.2. The van der Waals surface area contributed by atoms with E-state index in [4.69, 9.17) is 0 Å². The Bertz CT molecular complexity index is 397. The van der Waals surface area contributed by atoms with E-state index in [9.17, 15) is 4.79 Å². The summed E-state index contributed by atoms with van der Waals surface area (Å²) in [6, 6.07) is 5.78. The van der Waals surface area contributed by atoms with Gasteiger partial charge in [0.1, 0.15) is 5.82 Å². The van der Waals surface area contributed by atoms with Crippen LogP contribution in [0.15, 0.2) is 24.4 Å². The lowest BCUT2D eigenvalue weighted by atomic mass is 10.0. The van der Waals surface area contributed by atoms with Crippen molar-refractivity contribution in [3.05, 3.63) is 24.4 Å². The molecule has 1 saturated heterocycles. The van der Waals surface area contributed by atoms with E-state index in [1.165, 1.54) is 0 Å². The molecule has 0 N–H and O–H groups in total. The molecule has 4 nitrogen and oxygen atoms in total. The molecule has 0 unspecified atom stereocenters. The second-order valence-corrected chi connectivity index (χ2v) is 5.33. The van der Waals surface area contributed by atoms with Crippen LogP contribution in [0.3, 0.4) is 0 Å². The number of hydrogen-bond donors (Lipinski definition) is 0. The molecule has 1 fully saturated rings. The van der Waals surface area contributed by atoms with Crippen molar-refractivity contribution >= 4 is 11.7 Å². The van der Waals surface area contributed by atoms with Gasteiger partial charge in [0.05, 0.1) is 6.54 Å². The van der Waals surface area contributed by atoms with Crippen LogP contribution in [-0.4, -0.2) is 41.0 Å². The molecule has 1 aromatic rings. The summed E-state index contributed by atoms with van der Waals surface area (Å²) in [4.78, 5) is 20.3. The van der Waals surface area contributed by atoms with Crippen LogP contribution in [0.4, 0.5) is 5.82 Å². The van der Waals surface area contributed by atoms with Crippen LogP contribution in [0, 0.1) is 0 Å². The summed E-state index contributed by atoms with van der Waals surface area (Å²) >= 11 is 0. The number of hydrogen-bond acceptors (Lipinski definition) is 3. The number of pyridine rings is 1. The number of amides is 1. The van der Waals surface area contributed by atoms with Gasteiger partial charge in [0.2, 0.25) is 5.91 Å². The lowest BCUT2D eigenvalue weighted by Gasteiger charge is -2.42. The SMILES string of the molecule is CC(C)(C)N1CCN(c2ccccn2)CC1=O. The highest BCUT2D eigenvalue weighted by molar-refractivity contribution is 5.83. The van der Waals surface area contributed by atoms with Crippen LogP contribution in [0.25, 0.3) is 0 Å². The zero-order valence-electron chi connectivity index (χ0n) is 10.7. The van der Waals surface area contributed by atoms with Crippen LogP contribution in [0.5, 0.6) is 0 Å². The maximum absolute atomic E-state index is 12.1. The van der Waals surface area contributed by atoms with E-state index in [1.807, 2.05) is 28.0 Å². The summed E-state index contributed by atoms with van der Waals surface area (Å²) in [5.74, 6) is 1.06. The summed E-state index contributed by atoms with van der Waals surface area (Å²) in [5, 5.41) is 0. The Balaban J connectivity index is 2.08. The number of anilines is 1. The second-order valence-electron chi connectivity index (χ2n) is 5.33. The number of aromatic nitrogens is 1. The first-order valence-electron chi connectivity index (χ1n) is 5.95. The normalized spacial score (nSPS) is 17.5. The van der Waals surface area contributed by atoms with E-state index in [-0.39, 0.29) is 11.4 Å². The monoisotopic (exact) mass is 233 g/mol. The molecule has 0 spiro atoms. The number of carbonyl (C=O) groups excluding carboxylic acids is 1. The highest BCUT2D eigenvalue weighted by Gasteiger charge is 2.31. The molecule has 0 bridgehead atoms. The van der Waals surface area contributed by atoms with Gasteiger partial charge in [-0.05, 0) is 32.9 Å². The van der Waals surface area contributed by atoms with Crippen molar-refractivity contribution in [3.63, 3.8) is 0 Å². The average molecular weight is 233 g/mol. The maximum Gasteiger partial charge on any atom is 0.242 e. The van der Waals surface area contributed by atoms with E-state index >= 15 is 0 Å². The van der Waals surface area contributed by atoms with Crippen molar-refractivity contribution in [1.82, 2.24) is 9.88 Å². The summed E-state index contributed by atoms with van der Waals surface area (Å²) in [6.45, 7) is 8.25. The largest absolute Gasteiger partial charge is 0.346 e. The van der Waals surface area contributed by atoms with Crippen molar-refractivity contribution < 1.29 is 4.79 Å². The number of piperazine rings is 1. The number of nitrogens with zero attached hydrogens (tertiary/aromatic N) is 3. The fourth-order valence-electron chi connectivity index (χ4n) is 2.12. The zero-order valence-corrected chi connectivity index (χ0v) is 10.7. The standard InChI is InChI=1S/C13H19N3O/c1-13(2,3)16-9-8-15(10-12(16)17)11-6-4-5-7-14-11/h4-7H,8-10H2,1-3H3. The predicted octanol–water partition coefficient (Wildman–Crippen LogP) is 1.53. The fraction of sp³-hybridized carbons (Fsp3) is 0.538. The first-order chi connectivity index (χ1) is 7.98. The number of rotatable bonds is 1. The molecule has 1 amide bonds. The summed E-state index contributed by atoms with van der Waals surface area (Å²) in [6.07, 6.45) is 1.76. The molecule has 0 aromatic carbocycles. The van der Waals surface area contributed by atoms with Crippen LogP contribution in [0.1, 0.15) is 20.8 Å². The Morgan fingerprint density at radius 3 is 2.53 bits per heavy atom. The average Bonchev–Trinajstić information content (AvgIpc) is 2.28. The smallest absolute Gasteiger partial charge is 0.242 e. The summed E-state index contributed by atoms with van der Waals surface area (Å²) in [7, 11) is 0. The molecule has 0 aliphatic carbocycles. The van der Waals surface area contributed by atoms with Gasteiger partial charge in [0.25, 0.3) is 0 Å². The number of carbonyl (C=O) groups is 1. The first kappa shape index (κ1) is 11.9. The van der Waals surface area contributed by atoms with Gasteiger partial charge in [-0.15, -0.1) is 0 Å². The van der Waals surface area contributed by atoms with E-state index in [0.29, 0.717) is 6.54 Å². The third-order valence-corrected chi connectivity index (χ3v) is 3.00.